The molecular weight excluding hydrogens is 320 g/mol. The van der Waals surface area contributed by atoms with E-state index in [1.807, 2.05) is 30.0 Å². The second-order valence-corrected chi connectivity index (χ2v) is 6.50. The van der Waals surface area contributed by atoms with Gasteiger partial charge in [0.2, 0.25) is 0 Å². The molecule has 1 aliphatic rings. The van der Waals surface area contributed by atoms with E-state index < -0.39 is 0 Å². The Morgan fingerprint density at radius 1 is 0.833 bits per heavy atom. The smallest absolute Gasteiger partial charge is 0.190 e. The molecule has 0 saturated carbocycles. The first kappa shape index (κ1) is 15.0. The Hall–Kier alpha value is -2.54. The van der Waals surface area contributed by atoms with Crippen molar-refractivity contribution in [3.63, 3.8) is 0 Å². The molecule has 4 heterocycles. The molecule has 0 amide bonds. The highest BCUT2D eigenvalue weighted by molar-refractivity contribution is 7.13. The summed E-state index contributed by atoms with van der Waals surface area (Å²) in [5.41, 5.74) is 1.23. The quantitative estimate of drug-likeness (QED) is 0.732. The van der Waals surface area contributed by atoms with Crippen molar-refractivity contribution in [3.05, 3.63) is 48.4 Å². The average molecular weight is 338 g/mol. The standard InChI is InChI=1S/C17H18N6S/c1-9-22(14-2-5-18-6-3-14)11-12-23(10-1)15-4-7-19-16(21-15)17-20-8-13-24-17/h2-8,13H,1,9-12H2. The van der Waals surface area contributed by atoms with E-state index in [-0.39, 0.29) is 0 Å². The lowest BCUT2D eigenvalue weighted by Crippen LogP contribution is -2.31. The Bertz CT molecular complexity index is 777. The van der Waals surface area contributed by atoms with E-state index in [9.17, 15) is 0 Å². The van der Waals surface area contributed by atoms with E-state index in [2.05, 4.69) is 36.9 Å². The second kappa shape index (κ2) is 6.92. The topological polar surface area (TPSA) is 58.0 Å². The Labute approximate surface area is 144 Å². The van der Waals surface area contributed by atoms with Crippen LogP contribution in [0.1, 0.15) is 6.42 Å². The lowest BCUT2D eigenvalue weighted by Gasteiger charge is -2.24. The minimum Gasteiger partial charge on any atom is -0.370 e. The number of pyridine rings is 1. The van der Waals surface area contributed by atoms with Crippen molar-refractivity contribution < 1.29 is 0 Å². The summed E-state index contributed by atoms with van der Waals surface area (Å²) < 4.78 is 0. The molecule has 3 aromatic heterocycles. The van der Waals surface area contributed by atoms with Crippen LogP contribution in [0.3, 0.4) is 0 Å². The predicted molar refractivity (Wildman–Crippen MR) is 96.4 cm³/mol. The van der Waals surface area contributed by atoms with Gasteiger partial charge in [-0.15, -0.1) is 11.3 Å². The molecule has 0 unspecified atom stereocenters. The van der Waals surface area contributed by atoms with E-state index in [0.29, 0.717) is 5.82 Å². The summed E-state index contributed by atoms with van der Waals surface area (Å²) in [5, 5.41) is 2.81. The van der Waals surface area contributed by atoms with E-state index in [1.165, 1.54) is 5.69 Å². The summed E-state index contributed by atoms with van der Waals surface area (Å²) in [6.45, 7) is 3.96. The zero-order valence-corrected chi connectivity index (χ0v) is 14.1. The van der Waals surface area contributed by atoms with E-state index in [0.717, 1.165) is 43.4 Å². The summed E-state index contributed by atoms with van der Waals surface area (Å²) in [7, 11) is 0. The number of rotatable bonds is 3. The van der Waals surface area contributed by atoms with Crippen molar-refractivity contribution >= 4 is 22.8 Å². The Morgan fingerprint density at radius 2 is 1.67 bits per heavy atom. The monoisotopic (exact) mass is 338 g/mol. The zero-order chi connectivity index (χ0) is 16.2. The molecule has 0 aromatic carbocycles. The number of hydrogen-bond donors (Lipinski definition) is 0. The molecule has 4 rings (SSSR count). The molecule has 7 heteroatoms. The van der Waals surface area contributed by atoms with Crippen LogP contribution in [0.25, 0.3) is 10.8 Å². The van der Waals surface area contributed by atoms with Crippen molar-refractivity contribution in [2.24, 2.45) is 0 Å². The fourth-order valence-corrected chi connectivity index (χ4v) is 3.50. The molecule has 1 fully saturated rings. The molecule has 0 N–H and O–H groups in total. The SMILES string of the molecule is c1cc(N2CCCN(c3ccnc(-c4nccs4)n3)CC2)ccn1. The third kappa shape index (κ3) is 3.21. The summed E-state index contributed by atoms with van der Waals surface area (Å²) in [6.07, 6.45) is 8.41. The third-order valence-corrected chi connectivity index (χ3v) is 4.88. The molecule has 1 aliphatic heterocycles. The molecule has 0 atom stereocenters. The van der Waals surface area contributed by atoms with Crippen molar-refractivity contribution in [3.8, 4) is 10.8 Å². The van der Waals surface area contributed by atoms with Crippen molar-refractivity contribution in [2.45, 2.75) is 6.42 Å². The van der Waals surface area contributed by atoms with Gasteiger partial charge < -0.3 is 9.80 Å². The molecule has 24 heavy (non-hydrogen) atoms. The van der Waals surface area contributed by atoms with Gasteiger partial charge in [-0.05, 0) is 24.6 Å². The van der Waals surface area contributed by atoms with Crippen LogP contribution in [-0.2, 0) is 0 Å². The molecular formula is C17H18N6S. The fourth-order valence-electron chi connectivity index (χ4n) is 2.92. The predicted octanol–water partition coefficient (Wildman–Crippen LogP) is 2.71. The van der Waals surface area contributed by atoms with Crippen LogP contribution in [-0.4, -0.2) is 46.1 Å². The van der Waals surface area contributed by atoms with Crippen molar-refractivity contribution in [2.75, 3.05) is 36.0 Å². The van der Waals surface area contributed by atoms with Crippen LogP contribution in [0.4, 0.5) is 11.5 Å². The van der Waals surface area contributed by atoms with Crippen LogP contribution >= 0.6 is 11.3 Å². The van der Waals surface area contributed by atoms with Crippen LogP contribution in [0.2, 0.25) is 0 Å². The zero-order valence-electron chi connectivity index (χ0n) is 13.2. The molecule has 0 aliphatic carbocycles. The highest BCUT2D eigenvalue weighted by atomic mass is 32.1. The number of thiazole rings is 1. The van der Waals surface area contributed by atoms with Gasteiger partial charge in [0.25, 0.3) is 0 Å². The second-order valence-electron chi connectivity index (χ2n) is 5.61. The van der Waals surface area contributed by atoms with E-state index in [1.54, 1.807) is 17.5 Å². The van der Waals surface area contributed by atoms with Crippen LogP contribution in [0.15, 0.2) is 48.4 Å². The van der Waals surface area contributed by atoms with Gasteiger partial charge in [-0.25, -0.2) is 15.0 Å². The lowest BCUT2D eigenvalue weighted by atomic mass is 10.3. The minimum absolute atomic E-state index is 0.706. The highest BCUT2D eigenvalue weighted by Crippen LogP contribution is 2.22. The van der Waals surface area contributed by atoms with Crippen LogP contribution in [0.5, 0.6) is 0 Å². The largest absolute Gasteiger partial charge is 0.370 e. The number of anilines is 2. The summed E-state index contributed by atoms with van der Waals surface area (Å²) in [5.74, 6) is 1.68. The van der Waals surface area contributed by atoms with Gasteiger partial charge in [-0.2, -0.15) is 0 Å². The van der Waals surface area contributed by atoms with Crippen LogP contribution < -0.4 is 9.80 Å². The van der Waals surface area contributed by atoms with Gasteiger partial charge in [-0.3, -0.25) is 4.98 Å². The lowest BCUT2D eigenvalue weighted by molar-refractivity contribution is 0.796. The van der Waals surface area contributed by atoms with Crippen LogP contribution in [0, 0.1) is 0 Å². The normalized spacial score (nSPS) is 15.3. The molecule has 0 radical (unpaired) electrons. The van der Waals surface area contributed by atoms with Crippen molar-refractivity contribution in [1.29, 1.82) is 0 Å². The highest BCUT2D eigenvalue weighted by Gasteiger charge is 2.17. The van der Waals surface area contributed by atoms with Gasteiger partial charge in [0.05, 0.1) is 0 Å². The number of nitrogens with zero attached hydrogens (tertiary/aromatic N) is 6. The van der Waals surface area contributed by atoms with Gasteiger partial charge in [0, 0.05) is 62.0 Å². The molecule has 6 nitrogen and oxygen atoms in total. The Morgan fingerprint density at radius 3 is 2.50 bits per heavy atom. The third-order valence-electron chi connectivity index (χ3n) is 4.11. The maximum absolute atomic E-state index is 4.71. The van der Waals surface area contributed by atoms with Gasteiger partial charge >= 0.3 is 0 Å². The average Bonchev–Trinajstić information content (AvgIpc) is 3.07. The summed E-state index contributed by atoms with van der Waals surface area (Å²) in [4.78, 5) is 22.2. The number of hydrogen-bond acceptors (Lipinski definition) is 7. The maximum Gasteiger partial charge on any atom is 0.190 e. The first-order chi connectivity index (χ1) is 11.9. The summed E-state index contributed by atoms with van der Waals surface area (Å²) in [6, 6.07) is 6.13. The molecule has 0 spiro atoms. The minimum atomic E-state index is 0.706. The Kier molecular flexibility index (Phi) is 4.33. The van der Waals surface area contributed by atoms with Gasteiger partial charge in [-0.1, -0.05) is 0 Å². The van der Waals surface area contributed by atoms with Gasteiger partial charge in [0.1, 0.15) is 5.82 Å². The first-order valence-corrected chi connectivity index (χ1v) is 8.91. The van der Waals surface area contributed by atoms with E-state index in [4.69, 9.17) is 4.98 Å². The molecule has 122 valence electrons. The molecule has 1 saturated heterocycles. The Balaban J connectivity index is 1.50. The number of aromatic nitrogens is 4. The maximum atomic E-state index is 4.71. The first-order valence-electron chi connectivity index (χ1n) is 8.03. The van der Waals surface area contributed by atoms with E-state index >= 15 is 0 Å². The fraction of sp³-hybridized carbons (Fsp3) is 0.294. The van der Waals surface area contributed by atoms with Crippen molar-refractivity contribution in [1.82, 2.24) is 19.9 Å². The summed E-state index contributed by atoms with van der Waals surface area (Å²) >= 11 is 1.56. The molecule has 3 aromatic rings. The van der Waals surface area contributed by atoms with Gasteiger partial charge in [0.15, 0.2) is 10.8 Å². The molecule has 0 bridgehead atoms.